The quantitative estimate of drug-likeness (QED) is 0.344. The van der Waals surface area contributed by atoms with E-state index >= 15 is 0 Å². The normalized spacial score (nSPS) is 24.6. The number of hydrogen-bond donors (Lipinski definition) is 5. The number of allylic oxidation sites excluding steroid dienone is 3. The van der Waals surface area contributed by atoms with E-state index in [1.54, 1.807) is 24.3 Å². The zero-order chi connectivity index (χ0) is 22.8. The van der Waals surface area contributed by atoms with Gasteiger partial charge >= 0.3 is 11.6 Å². The molecule has 2 saturated carbocycles. The molecule has 0 spiro atoms. The van der Waals surface area contributed by atoms with E-state index in [1.807, 2.05) is 31.3 Å². The molecule has 0 radical (unpaired) electrons. The third-order valence-corrected chi connectivity index (χ3v) is 6.29. The Hall–Kier alpha value is -3.13. The summed E-state index contributed by atoms with van der Waals surface area (Å²) in [6.45, 7) is 0. The van der Waals surface area contributed by atoms with Crippen molar-refractivity contribution in [2.24, 2.45) is 0 Å². The average Bonchev–Trinajstić information content (AvgIpc) is 3.60. The van der Waals surface area contributed by atoms with E-state index in [0.29, 0.717) is 28.6 Å². The summed E-state index contributed by atoms with van der Waals surface area (Å²) in [5.74, 6) is -0.100. The van der Waals surface area contributed by atoms with Crippen LogP contribution in [-0.2, 0) is 0 Å². The van der Waals surface area contributed by atoms with Crippen LogP contribution in [0.2, 0.25) is 0 Å². The maximum atomic E-state index is 13.0. The number of carbonyl (C=O) groups excluding carboxylic acids is 1. The van der Waals surface area contributed by atoms with Crippen LogP contribution in [0.4, 0.5) is 0 Å². The van der Waals surface area contributed by atoms with Crippen LogP contribution in [0, 0.1) is 5.41 Å². The lowest BCUT2D eigenvalue weighted by Crippen LogP contribution is -2.45. The Bertz CT molecular complexity index is 999. The second kappa shape index (κ2) is 9.16. The minimum atomic E-state index is -0.406. The number of aromatic nitrogens is 1. The van der Waals surface area contributed by atoms with Crippen molar-refractivity contribution in [3.05, 3.63) is 64.9 Å². The Morgan fingerprint density at radius 2 is 1.88 bits per heavy atom. The minimum Gasteiger partial charge on any atom is -0.393 e. The summed E-state index contributed by atoms with van der Waals surface area (Å²) in [4.78, 5) is 14.9. The van der Waals surface area contributed by atoms with Gasteiger partial charge < -0.3 is 26.0 Å². The molecule has 3 aliphatic carbocycles. The summed E-state index contributed by atoms with van der Waals surface area (Å²) < 4.78 is 0.993. The monoisotopic (exact) mass is 438 g/mol. The lowest BCUT2D eigenvalue weighted by Gasteiger charge is -2.27. The van der Waals surface area contributed by atoms with Crippen LogP contribution in [0.1, 0.15) is 60.6 Å². The van der Waals surface area contributed by atoms with E-state index in [0.717, 1.165) is 48.9 Å². The highest BCUT2D eigenvalue weighted by atomic mass is 16.5. The van der Waals surface area contributed by atoms with Gasteiger partial charge in [0.1, 0.15) is 0 Å². The Kier molecular flexibility index (Phi) is 6.32. The summed E-state index contributed by atoms with van der Waals surface area (Å²) in [6, 6.07) is 5.50. The van der Waals surface area contributed by atoms with Crippen LogP contribution in [-0.4, -0.2) is 53.1 Å². The Labute approximate surface area is 188 Å². The smallest absolute Gasteiger partial charge is 0.325 e. The number of likely N-dealkylation sites (N-methyl/N-ethyl adjacent to an activating group) is 1. The van der Waals surface area contributed by atoms with Crippen molar-refractivity contribution < 1.29 is 19.8 Å². The number of hydrogen-bond acceptors (Lipinski definition) is 6. The van der Waals surface area contributed by atoms with E-state index in [9.17, 15) is 15.1 Å². The molecule has 1 amide bonds. The molecule has 0 atom stereocenters. The second-order valence-electron chi connectivity index (χ2n) is 9.04. The van der Waals surface area contributed by atoms with Crippen LogP contribution >= 0.6 is 0 Å². The third kappa shape index (κ3) is 4.85. The molecule has 0 aromatic carbocycles. The van der Waals surface area contributed by atoms with Gasteiger partial charge in [0, 0.05) is 54.7 Å². The zero-order valence-electron chi connectivity index (χ0n) is 18.6. The molecule has 170 valence electrons. The number of rotatable bonds is 6. The second-order valence-corrected chi connectivity index (χ2v) is 9.04. The summed E-state index contributed by atoms with van der Waals surface area (Å²) >= 11 is 0. The molecule has 2 fully saturated rings. The molecule has 1 aromatic rings. The fraction of sp³-hybridized carbons (Fsp3) is 0.458. The number of nitrogens with one attached hydrogen (secondary N) is 3. The average molecular weight is 439 g/mol. The molecule has 5 N–H and O–H groups in total. The van der Waals surface area contributed by atoms with Crippen molar-refractivity contribution in [2.45, 2.75) is 56.6 Å². The standard InChI is InChI=1S/C24H31N5O3/c1-28(2)23-13-19(25)16(14-26-17-8-10-18(30)11-9-17)12-20(23)27-24(31)22-5-3-4-21(29(22)32)15-6-7-15/h3-5,12-15,17-18,25,30-32H,6-11H2,1-2H3/p+1/t17-,18-. The zero-order valence-corrected chi connectivity index (χ0v) is 18.6. The Balaban J connectivity index is 1.54. The number of amides is 1. The first-order chi connectivity index (χ1) is 15.3. The maximum Gasteiger partial charge on any atom is 0.325 e. The largest absolute Gasteiger partial charge is 0.393 e. The molecule has 3 aliphatic rings. The van der Waals surface area contributed by atoms with Crippen LogP contribution in [0.5, 0.6) is 0 Å². The van der Waals surface area contributed by atoms with Gasteiger partial charge in [-0.1, -0.05) is 0 Å². The SMILES string of the molecule is CN(C)C1=CC(=N)/C(=C\N[C@H]2CC[C@H](O)CC2)C=C1NC(=O)c1cccc(C2CC2)[n+]1O. The van der Waals surface area contributed by atoms with E-state index < -0.39 is 5.91 Å². The third-order valence-electron chi connectivity index (χ3n) is 6.29. The highest BCUT2D eigenvalue weighted by Crippen LogP contribution is 2.38. The predicted octanol–water partition coefficient (Wildman–Crippen LogP) is 1.96. The molecular weight excluding hydrogens is 406 g/mol. The van der Waals surface area contributed by atoms with Gasteiger partial charge in [0.25, 0.3) is 0 Å². The first kappa shape index (κ1) is 22.1. The van der Waals surface area contributed by atoms with Crippen LogP contribution in [0.15, 0.2) is 53.5 Å². The van der Waals surface area contributed by atoms with Gasteiger partial charge in [-0.05, 0) is 56.7 Å². The molecule has 8 nitrogen and oxygen atoms in total. The van der Waals surface area contributed by atoms with Gasteiger partial charge in [0.15, 0.2) is 0 Å². The van der Waals surface area contributed by atoms with Crippen molar-refractivity contribution in [3.8, 4) is 0 Å². The molecule has 4 rings (SSSR count). The molecule has 1 heterocycles. The Morgan fingerprint density at radius 3 is 2.53 bits per heavy atom. The summed E-state index contributed by atoms with van der Waals surface area (Å²) in [5.41, 5.74) is 3.23. The molecule has 0 bridgehead atoms. The first-order valence-corrected chi connectivity index (χ1v) is 11.2. The van der Waals surface area contributed by atoms with Crippen molar-refractivity contribution in [2.75, 3.05) is 14.1 Å². The van der Waals surface area contributed by atoms with E-state index in [4.69, 9.17) is 5.41 Å². The van der Waals surface area contributed by atoms with Gasteiger partial charge in [0.05, 0.1) is 23.2 Å². The van der Waals surface area contributed by atoms with Gasteiger partial charge in [-0.25, -0.2) is 0 Å². The topological polar surface area (TPSA) is 113 Å². The minimum absolute atomic E-state index is 0.179. The van der Waals surface area contributed by atoms with E-state index in [1.165, 1.54) is 0 Å². The van der Waals surface area contributed by atoms with Crippen LogP contribution < -0.4 is 15.4 Å². The Morgan fingerprint density at radius 1 is 1.16 bits per heavy atom. The molecule has 0 unspecified atom stereocenters. The van der Waals surface area contributed by atoms with E-state index in [-0.39, 0.29) is 17.8 Å². The fourth-order valence-corrected chi connectivity index (χ4v) is 4.21. The molecular formula is C24H32N5O3+. The van der Waals surface area contributed by atoms with Crippen molar-refractivity contribution in [1.29, 1.82) is 5.41 Å². The lowest BCUT2D eigenvalue weighted by molar-refractivity contribution is -0.910. The highest BCUT2D eigenvalue weighted by Gasteiger charge is 2.36. The van der Waals surface area contributed by atoms with Crippen LogP contribution in [0.25, 0.3) is 0 Å². The predicted molar refractivity (Wildman–Crippen MR) is 120 cm³/mol. The highest BCUT2D eigenvalue weighted by molar-refractivity contribution is 6.10. The summed E-state index contributed by atoms with van der Waals surface area (Å²) in [7, 11) is 3.72. The number of aliphatic hydroxyl groups is 1. The van der Waals surface area contributed by atoms with Crippen molar-refractivity contribution in [1.82, 2.24) is 15.5 Å². The summed E-state index contributed by atoms with van der Waals surface area (Å²) in [5, 5.41) is 35.0. The van der Waals surface area contributed by atoms with Crippen LogP contribution in [0.3, 0.4) is 0 Å². The van der Waals surface area contributed by atoms with Crippen molar-refractivity contribution in [3.63, 3.8) is 0 Å². The molecule has 32 heavy (non-hydrogen) atoms. The van der Waals surface area contributed by atoms with Gasteiger partial charge in [-0.3, -0.25) is 10.0 Å². The maximum absolute atomic E-state index is 13.0. The number of carbonyl (C=O) groups is 1. The summed E-state index contributed by atoms with van der Waals surface area (Å²) in [6.07, 6.45) is 10.5. The lowest BCUT2D eigenvalue weighted by atomic mass is 9.93. The molecule has 0 aliphatic heterocycles. The molecule has 0 saturated heterocycles. The van der Waals surface area contributed by atoms with E-state index in [2.05, 4.69) is 10.6 Å². The number of pyridine rings is 1. The van der Waals surface area contributed by atoms with Gasteiger partial charge in [-0.15, -0.1) is 0 Å². The fourth-order valence-electron chi connectivity index (χ4n) is 4.21. The first-order valence-electron chi connectivity index (χ1n) is 11.2. The van der Waals surface area contributed by atoms with Crippen molar-refractivity contribution >= 4 is 11.6 Å². The van der Waals surface area contributed by atoms with Gasteiger partial charge in [-0.2, -0.15) is 0 Å². The number of aliphatic hydroxyl groups excluding tert-OH is 1. The molecule has 8 heteroatoms. The molecule has 1 aromatic heterocycles. The van der Waals surface area contributed by atoms with Gasteiger partial charge in [0.2, 0.25) is 5.69 Å². The number of nitrogens with zero attached hydrogens (tertiary/aromatic N) is 2.